The van der Waals surface area contributed by atoms with Crippen LogP contribution < -0.4 is 5.32 Å². The highest BCUT2D eigenvalue weighted by Crippen LogP contribution is 2.23. The average Bonchev–Trinajstić information content (AvgIpc) is 2.69. The highest BCUT2D eigenvalue weighted by molar-refractivity contribution is 8.13. The van der Waals surface area contributed by atoms with E-state index >= 15 is 0 Å². The van der Waals surface area contributed by atoms with Gasteiger partial charge in [0.1, 0.15) is 0 Å². The van der Waals surface area contributed by atoms with Crippen LogP contribution in [0.4, 0.5) is 0 Å². The molecule has 0 spiro atoms. The summed E-state index contributed by atoms with van der Waals surface area (Å²) in [5.74, 6) is 1.93. The Balaban J connectivity index is 1.78. The molecule has 4 heteroatoms. The fraction of sp³-hybridized carbons (Fsp3) is 0.909. The van der Waals surface area contributed by atoms with Crippen molar-refractivity contribution in [2.75, 3.05) is 19.4 Å². The van der Waals surface area contributed by atoms with Gasteiger partial charge in [0, 0.05) is 25.4 Å². The van der Waals surface area contributed by atoms with Gasteiger partial charge in [0.2, 0.25) is 0 Å². The van der Waals surface area contributed by atoms with Crippen LogP contribution in [0.2, 0.25) is 0 Å². The molecular weight excluding hydrogens is 208 g/mol. The number of thioether (sulfide) groups is 1. The molecule has 1 aliphatic heterocycles. The molecule has 1 heterocycles. The minimum Gasteiger partial charge on any atom is -0.381 e. The van der Waals surface area contributed by atoms with Crippen LogP contribution in [0.25, 0.3) is 0 Å². The van der Waals surface area contributed by atoms with E-state index in [-0.39, 0.29) is 0 Å². The molecular formula is C11H20N2OS. The van der Waals surface area contributed by atoms with Gasteiger partial charge in [-0.2, -0.15) is 0 Å². The quantitative estimate of drug-likeness (QED) is 0.783. The lowest BCUT2D eigenvalue weighted by molar-refractivity contribution is 0.107. The fourth-order valence-corrected chi connectivity index (χ4v) is 3.07. The molecule has 1 saturated carbocycles. The molecule has 3 atom stereocenters. The Morgan fingerprint density at radius 1 is 1.47 bits per heavy atom. The second kappa shape index (κ2) is 5.21. The summed E-state index contributed by atoms with van der Waals surface area (Å²) in [6.45, 7) is 3.24. The molecule has 1 N–H and O–H groups in total. The number of hydrogen-bond donors (Lipinski definition) is 1. The van der Waals surface area contributed by atoms with Crippen molar-refractivity contribution < 1.29 is 4.74 Å². The SMILES string of the molecule is COC1CCC(NC2=NCC(C)CS2)C1. The van der Waals surface area contributed by atoms with Crippen molar-refractivity contribution in [1.82, 2.24) is 5.32 Å². The molecule has 1 aliphatic carbocycles. The van der Waals surface area contributed by atoms with E-state index in [1.165, 1.54) is 18.6 Å². The van der Waals surface area contributed by atoms with E-state index in [9.17, 15) is 0 Å². The average molecular weight is 228 g/mol. The van der Waals surface area contributed by atoms with Gasteiger partial charge in [-0.05, 0) is 25.2 Å². The third kappa shape index (κ3) is 3.11. The topological polar surface area (TPSA) is 33.6 Å². The lowest BCUT2D eigenvalue weighted by atomic mass is 10.2. The van der Waals surface area contributed by atoms with Crippen LogP contribution in [0.1, 0.15) is 26.2 Å². The molecule has 0 aromatic rings. The third-order valence-corrected chi connectivity index (χ3v) is 4.35. The Kier molecular flexibility index (Phi) is 3.92. The van der Waals surface area contributed by atoms with E-state index in [0.717, 1.165) is 24.1 Å². The second-order valence-electron chi connectivity index (χ2n) is 4.57. The standard InChI is InChI=1S/C11H20N2OS/c1-8-6-12-11(15-7-8)13-9-3-4-10(5-9)14-2/h8-10H,3-7H2,1-2H3,(H,12,13). The van der Waals surface area contributed by atoms with Crippen LogP contribution in [0.15, 0.2) is 4.99 Å². The number of nitrogens with one attached hydrogen (secondary N) is 1. The largest absolute Gasteiger partial charge is 0.381 e. The van der Waals surface area contributed by atoms with E-state index in [0.29, 0.717) is 12.1 Å². The van der Waals surface area contributed by atoms with Gasteiger partial charge >= 0.3 is 0 Å². The fourth-order valence-electron chi connectivity index (χ4n) is 2.11. The predicted molar refractivity (Wildman–Crippen MR) is 65.5 cm³/mol. The van der Waals surface area contributed by atoms with Crippen LogP contribution in [-0.2, 0) is 4.74 Å². The molecule has 0 amide bonds. The number of rotatable bonds is 2. The first-order valence-corrected chi connectivity index (χ1v) is 6.73. The molecule has 3 nitrogen and oxygen atoms in total. The van der Waals surface area contributed by atoms with Gasteiger partial charge in [-0.3, -0.25) is 4.99 Å². The van der Waals surface area contributed by atoms with Crippen LogP contribution in [0, 0.1) is 5.92 Å². The summed E-state index contributed by atoms with van der Waals surface area (Å²) < 4.78 is 5.36. The van der Waals surface area contributed by atoms with Crippen LogP contribution in [0.5, 0.6) is 0 Å². The highest BCUT2D eigenvalue weighted by atomic mass is 32.2. The summed E-state index contributed by atoms with van der Waals surface area (Å²) in [6.07, 6.45) is 3.98. The predicted octanol–water partition coefficient (Wildman–Crippen LogP) is 1.88. The van der Waals surface area contributed by atoms with E-state index in [4.69, 9.17) is 4.74 Å². The van der Waals surface area contributed by atoms with E-state index in [1.54, 1.807) is 0 Å². The molecule has 15 heavy (non-hydrogen) atoms. The summed E-state index contributed by atoms with van der Waals surface area (Å²) in [7, 11) is 1.81. The maximum atomic E-state index is 5.36. The van der Waals surface area contributed by atoms with Gasteiger partial charge in [0.25, 0.3) is 0 Å². The first-order valence-electron chi connectivity index (χ1n) is 5.74. The maximum Gasteiger partial charge on any atom is 0.156 e. The van der Waals surface area contributed by atoms with Crippen LogP contribution in [0.3, 0.4) is 0 Å². The number of ether oxygens (including phenoxy) is 1. The van der Waals surface area contributed by atoms with Crippen molar-refractivity contribution in [2.45, 2.75) is 38.3 Å². The van der Waals surface area contributed by atoms with Crippen molar-refractivity contribution in [3.05, 3.63) is 0 Å². The molecule has 2 aliphatic rings. The van der Waals surface area contributed by atoms with Crippen molar-refractivity contribution in [2.24, 2.45) is 10.9 Å². The van der Waals surface area contributed by atoms with Gasteiger partial charge in [-0.15, -0.1) is 0 Å². The van der Waals surface area contributed by atoms with Gasteiger partial charge in [0.15, 0.2) is 5.17 Å². The number of amidine groups is 1. The van der Waals surface area contributed by atoms with E-state index in [1.807, 2.05) is 18.9 Å². The second-order valence-corrected chi connectivity index (χ2v) is 5.58. The number of aliphatic imine (C=N–C) groups is 1. The summed E-state index contributed by atoms with van der Waals surface area (Å²) in [6, 6.07) is 0.578. The molecule has 1 fully saturated rings. The zero-order valence-corrected chi connectivity index (χ0v) is 10.3. The van der Waals surface area contributed by atoms with Crippen molar-refractivity contribution in [3.63, 3.8) is 0 Å². The Morgan fingerprint density at radius 3 is 2.93 bits per heavy atom. The molecule has 0 saturated heterocycles. The Hall–Kier alpha value is -0.220. The minimum absolute atomic E-state index is 0.454. The molecule has 0 bridgehead atoms. The molecule has 0 aromatic heterocycles. The molecule has 0 radical (unpaired) electrons. The van der Waals surface area contributed by atoms with Crippen LogP contribution >= 0.6 is 11.8 Å². The summed E-state index contributed by atoms with van der Waals surface area (Å²) in [4.78, 5) is 4.55. The Morgan fingerprint density at radius 2 is 2.33 bits per heavy atom. The zero-order valence-electron chi connectivity index (χ0n) is 9.53. The number of methoxy groups -OCH3 is 1. The summed E-state index contributed by atoms with van der Waals surface area (Å²) >= 11 is 1.87. The number of hydrogen-bond acceptors (Lipinski definition) is 4. The lowest BCUT2D eigenvalue weighted by Gasteiger charge is -2.21. The van der Waals surface area contributed by atoms with Crippen LogP contribution in [-0.4, -0.2) is 36.7 Å². The first kappa shape index (κ1) is 11.3. The third-order valence-electron chi connectivity index (χ3n) is 3.10. The zero-order chi connectivity index (χ0) is 10.7. The Labute approximate surface area is 96.1 Å². The van der Waals surface area contributed by atoms with E-state index in [2.05, 4.69) is 17.2 Å². The first-order chi connectivity index (χ1) is 7.28. The van der Waals surface area contributed by atoms with Gasteiger partial charge in [-0.25, -0.2) is 0 Å². The van der Waals surface area contributed by atoms with E-state index < -0.39 is 0 Å². The van der Waals surface area contributed by atoms with Gasteiger partial charge in [-0.1, -0.05) is 18.7 Å². The van der Waals surface area contributed by atoms with Gasteiger partial charge in [0.05, 0.1) is 6.10 Å². The van der Waals surface area contributed by atoms with Crippen molar-refractivity contribution in [1.29, 1.82) is 0 Å². The smallest absolute Gasteiger partial charge is 0.156 e. The Bertz CT molecular complexity index is 245. The van der Waals surface area contributed by atoms with Gasteiger partial charge < -0.3 is 10.1 Å². The summed E-state index contributed by atoms with van der Waals surface area (Å²) in [5.41, 5.74) is 0. The molecule has 3 unspecified atom stereocenters. The number of nitrogens with zero attached hydrogens (tertiary/aromatic N) is 1. The normalized spacial score (nSPS) is 36.4. The van der Waals surface area contributed by atoms with Crippen molar-refractivity contribution in [3.8, 4) is 0 Å². The van der Waals surface area contributed by atoms with Crippen molar-refractivity contribution >= 4 is 16.9 Å². The molecule has 2 rings (SSSR count). The summed E-state index contributed by atoms with van der Waals surface area (Å²) in [5, 5.41) is 4.68. The lowest BCUT2D eigenvalue weighted by Crippen LogP contribution is -2.34. The maximum absolute atomic E-state index is 5.36. The monoisotopic (exact) mass is 228 g/mol. The molecule has 0 aromatic carbocycles. The highest BCUT2D eigenvalue weighted by Gasteiger charge is 2.25. The molecule has 86 valence electrons. The minimum atomic E-state index is 0.454.